The van der Waals surface area contributed by atoms with E-state index in [1.807, 2.05) is 17.5 Å². The maximum Gasteiger partial charge on any atom is 0.287 e. The summed E-state index contributed by atoms with van der Waals surface area (Å²) in [7, 11) is 1.56. The number of carbonyl (C=O) groups excluding carboxylic acids is 1. The molecular weight excluding hydrogens is 419 g/mol. The maximum atomic E-state index is 14.0. The monoisotopic (exact) mass is 436 g/mol. The Kier molecular flexibility index (Phi) is 4.87. The molecule has 0 atom stereocenters. The van der Waals surface area contributed by atoms with Crippen LogP contribution < -0.4 is 10.1 Å². The molecular formula is C22H17FN4O3S. The SMILES string of the molecule is COc1cccc2cc(C(=O)NCCc3csc4nc(-c5ccccc5F)nn34)oc12. The van der Waals surface area contributed by atoms with Gasteiger partial charge < -0.3 is 14.5 Å². The van der Waals surface area contributed by atoms with E-state index in [4.69, 9.17) is 9.15 Å². The van der Waals surface area contributed by atoms with E-state index in [2.05, 4.69) is 15.4 Å². The number of carbonyl (C=O) groups is 1. The number of aromatic nitrogens is 3. The lowest BCUT2D eigenvalue weighted by molar-refractivity contribution is 0.0928. The number of hydrogen-bond acceptors (Lipinski definition) is 6. The fourth-order valence-electron chi connectivity index (χ4n) is 3.35. The fraction of sp³-hybridized carbons (Fsp3) is 0.136. The minimum absolute atomic E-state index is 0.220. The van der Waals surface area contributed by atoms with Crippen LogP contribution >= 0.6 is 11.3 Å². The topological polar surface area (TPSA) is 81.7 Å². The highest BCUT2D eigenvalue weighted by molar-refractivity contribution is 7.15. The molecule has 2 aromatic carbocycles. The predicted octanol–water partition coefficient (Wildman–Crippen LogP) is 4.32. The smallest absolute Gasteiger partial charge is 0.287 e. The molecule has 0 aliphatic heterocycles. The number of ether oxygens (including phenoxy) is 1. The molecule has 9 heteroatoms. The van der Waals surface area contributed by atoms with Crippen molar-refractivity contribution in [3.8, 4) is 17.1 Å². The largest absolute Gasteiger partial charge is 0.493 e. The van der Waals surface area contributed by atoms with Gasteiger partial charge in [0.25, 0.3) is 5.91 Å². The number of thiazole rings is 1. The Hall–Kier alpha value is -3.72. The Morgan fingerprint density at radius 1 is 1.26 bits per heavy atom. The van der Waals surface area contributed by atoms with Crippen molar-refractivity contribution in [3.63, 3.8) is 0 Å². The number of amides is 1. The van der Waals surface area contributed by atoms with E-state index < -0.39 is 0 Å². The van der Waals surface area contributed by atoms with Crippen LogP contribution in [0.2, 0.25) is 0 Å². The first-order valence-corrected chi connectivity index (χ1v) is 10.4. The summed E-state index contributed by atoms with van der Waals surface area (Å²) >= 11 is 1.42. The van der Waals surface area contributed by atoms with Crippen LogP contribution in [0.15, 0.2) is 58.3 Å². The number of benzene rings is 2. The number of methoxy groups -OCH3 is 1. The number of nitrogens with zero attached hydrogens (tertiary/aromatic N) is 3. The molecule has 0 fully saturated rings. The number of hydrogen-bond donors (Lipinski definition) is 1. The zero-order valence-corrected chi connectivity index (χ0v) is 17.3. The molecule has 0 radical (unpaired) electrons. The van der Waals surface area contributed by atoms with Gasteiger partial charge in [-0.15, -0.1) is 16.4 Å². The summed E-state index contributed by atoms with van der Waals surface area (Å²) in [5.41, 5.74) is 1.78. The third-order valence-electron chi connectivity index (χ3n) is 4.88. The number of rotatable bonds is 6. The Morgan fingerprint density at radius 3 is 2.97 bits per heavy atom. The Balaban J connectivity index is 1.29. The van der Waals surface area contributed by atoms with Gasteiger partial charge in [0.05, 0.1) is 18.4 Å². The van der Waals surface area contributed by atoms with Crippen molar-refractivity contribution in [2.75, 3.05) is 13.7 Å². The zero-order chi connectivity index (χ0) is 21.4. The summed E-state index contributed by atoms with van der Waals surface area (Å²) in [4.78, 5) is 17.6. The number of halogens is 1. The molecule has 1 amide bonds. The van der Waals surface area contributed by atoms with Crippen LogP contribution in [0.3, 0.4) is 0 Å². The van der Waals surface area contributed by atoms with E-state index in [1.165, 1.54) is 17.4 Å². The van der Waals surface area contributed by atoms with Crippen molar-refractivity contribution in [3.05, 3.63) is 71.2 Å². The molecule has 0 saturated heterocycles. The van der Waals surface area contributed by atoms with E-state index in [0.29, 0.717) is 40.6 Å². The van der Waals surface area contributed by atoms with Crippen LogP contribution in [0.1, 0.15) is 16.2 Å². The van der Waals surface area contributed by atoms with E-state index in [1.54, 1.807) is 42.0 Å². The molecule has 0 bridgehead atoms. The zero-order valence-electron chi connectivity index (χ0n) is 16.5. The number of furan rings is 1. The summed E-state index contributed by atoms with van der Waals surface area (Å²) in [6, 6.07) is 13.6. The summed E-state index contributed by atoms with van der Waals surface area (Å²) in [6.07, 6.45) is 0.537. The summed E-state index contributed by atoms with van der Waals surface area (Å²) in [6.45, 7) is 0.383. The second-order valence-electron chi connectivity index (χ2n) is 6.83. The first kappa shape index (κ1) is 19.3. The van der Waals surface area contributed by atoms with Crippen LogP contribution in [0.5, 0.6) is 5.75 Å². The van der Waals surface area contributed by atoms with Gasteiger partial charge in [0.2, 0.25) is 4.96 Å². The Labute approximate surface area is 180 Å². The van der Waals surface area contributed by atoms with Crippen molar-refractivity contribution < 1.29 is 18.3 Å². The second-order valence-corrected chi connectivity index (χ2v) is 7.67. The van der Waals surface area contributed by atoms with Crippen molar-refractivity contribution >= 4 is 33.2 Å². The van der Waals surface area contributed by atoms with Gasteiger partial charge in [-0.25, -0.2) is 8.91 Å². The van der Waals surface area contributed by atoms with Gasteiger partial charge in [-0.2, -0.15) is 4.98 Å². The molecule has 31 heavy (non-hydrogen) atoms. The molecule has 3 heterocycles. The number of fused-ring (bicyclic) bond motifs is 2. The van der Waals surface area contributed by atoms with Crippen LogP contribution in [0.4, 0.5) is 4.39 Å². The van der Waals surface area contributed by atoms with Gasteiger partial charge in [0, 0.05) is 23.7 Å². The van der Waals surface area contributed by atoms with Crippen LogP contribution in [0, 0.1) is 5.82 Å². The van der Waals surface area contributed by atoms with Gasteiger partial charge in [-0.05, 0) is 24.3 Å². The lowest BCUT2D eigenvalue weighted by atomic mass is 10.2. The lowest BCUT2D eigenvalue weighted by Crippen LogP contribution is -2.25. The number of para-hydroxylation sites is 1. The molecule has 0 aliphatic carbocycles. The highest BCUT2D eigenvalue weighted by Gasteiger charge is 2.16. The second kappa shape index (κ2) is 7.84. The normalized spacial score (nSPS) is 11.3. The number of nitrogens with one attached hydrogen (secondary N) is 1. The Bertz CT molecular complexity index is 1400. The summed E-state index contributed by atoms with van der Waals surface area (Å²) in [5, 5.41) is 10.0. The quantitative estimate of drug-likeness (QED) is 0.429. The minimum atomic E-state index is -0.364. The molecule has 5 rings (SSSR count). The van der Waals surface area contributed by atoms with E-state index >= 15 is 0 Å². The van der Waals surface area contributed by atoms with Crippen molar-refractivity contribution in [1.29, 1.82) is 0 Å². The molecule has 0 unspecified atom stereocenters. The molecule has 0 saturated carbocycles. The van der Waals surface area contributed by atoms with Gasteiger partial charge >= 0.3 is 0 Å². The molecule has 0 spiro atoms. The molecule has 3 aromatic heterocycles. The molecule has 5 aromatic rings. The first-order valence-electron chi connectivity index (χ1n) is 9.57. The molecule has 7 nitrogen and oxygen atoms in total. The fourth-order valence-corrected chi connectivity index (χ4v) is 4.21. The summed E-state index contributed by atoms with van der Waals surface area (Å²) < 4.78 is 26.7. The first-order chi connectivity index (χ1) is 15.1. The van der Waals surface area contributed by atoms with E-state index in [0.717, 1.165) is 11.1 Å². The third kappa shape index (κ3) is 3.53. The molecule has 156 valence electrons. The molecule has 1 N–H and O–H groups in total. The summed E-state index contributed by atoms with van der Waals surface area (Å²) in [5.74, 6) is 0.463. The van der Waals surface area contributed by atoms with Crippen LogP contribution in [-0.4, -0.2) is 34.2 Å². The lowest BCUT2D eigenvalue weighted by Gasteiger charge is -2.02. The average Bonchev–Trinajstić information content (AvgIpc) is 3.48. The van der Waals surface area contributed by atoms with Crippen molar-refractivity contribution in [2.45, 2.75) is 6.42 Å². The van der Waals surface area contributed by atoms with Crippen LogP contribution in [0.25, 0.3) is 27.3 Å². The predicted molar refractivity (Wildman–Crippen MR) is 115 cm³/mol. The van der Waals surface area contributed by atoms with Gasteiger partial charge in [-0.3, -0.25) is 4.79 Å². The highest BCUT2D eigenvalue weighted by atomic mass is 32.1. The standard InChI is InChI=1S/C22H17FN4O3S/c1-29-17-8-4-5-13-11-18(30-19(13)17)21(28)24-10-9-14-12-31-22-25-20(26-27(14)22)15-6-2-3-7-16(15)23/h2-8,11-12H,9-10H2,1H3,(H,24,28). The minimum Gasteiger partial charge on any atom is -0.493 e. The van der Waals surface area contributed by atoms with Gasteiger partial charge in [0.1, 0.15) is 5.82 Å². The maximum absolute atomic E-state index is 14.0. The van der Waals surface area contributed by atoms with Crippen LogP contribution in [-0.2, 0) is 6.42 Å². The van der Waals surface area contributed by atoms with Gasteiger partial charge in [0.15, 0.2) is 22.9 Å². The van der Waals surface area contributed by atoms with Gasteiger partial charge in [-0.1, -0.05) is 24.3 Å². The average molecular weight is 436 g/mol. The van der Waals surface area contributed by atoms with E-state index in [-0.39, 0.29) is 17.5 Å². The highest BCUT2D eigenvalue weighted by Crippen LogP contribution is 2.28. The Morgan fingerprint density at radius 2 is 2.13 bits per heavy atom. The third-order valence-corrected chi connectivity index (χ3v) is 5.75. The van der Waals surface area contributed by atoms with Crippen molar-refractivity contribution in [1.82, 2.24) is 19.9 Å². The van der Waals surface area contributed by atoms with E-state index in [9.17, 15) is 9.18 Å². The molecule has 0 aliphatic rings. The van der Waals surface area contributed by atoms with Crippen molar-refractivity contribution in [2.24, 2.45) is 0 Å².